The van der Waals surface area contributed by atoms with Gasteiger partial charge in [-0.1, -0.05) is 42.1 Å². The Morgan fingerprint density at radius 1 is 1.26 bits per heavy atom. The Hall–Kier alpha value is -3.06. The summed E-state index contributed by atoms with van der Waals surface area (Å²) in [4.78, 5) is 4.07. The third-order valence-electron chi connectivity index (χ3n) is 3.81. The number of nitrogens with zero attached hydrogens (tertiary/aromatic N) is 4. The van der Waals surface area contributed by atoms with Crippen molar-refractivity contribution in [3.8, 4) is 5.75 Å². The van der Waals surface area contributed by atoms with E-state index in [4.69, 9.17) is 10.5 Å². The molecule has 2 aromatic carbocycles. The van der Waals surface area contributed by atoms with Gasteiger partial charge in [-0.2, -0.15) is 5.10 Å². The standard InChI is InChI=1S/C20H21N5OS/c1-26-19-8-7-17(11-18(19)13-25-10-9-22-15-25)12-23-24-20(21)27-14-16-5-3-2-4-6-16/h2-12,15H,13-14H2,1H3,(H2,21,24). The Bertz CT molecular complexity index is 907. The van der Waals surface area contributed by atoms with Crippen molar-refractivity contribution in [2.24, 2.45) is 15.9 Å². The van der Waals surface area contributed by atoms with E-state index in [1.54, 1.807) is 25.8 Å². The Labute approximate surface area is 162 Å². The summed E-state index contributed by atoms with van der Waals surface area (Å²) in [5, 5.41) is 8.60. The number of thioether (sulfide) groups is 1. The van der Waals surface area contributed by atoms with E-state index in [9.17, 15) is 0 Å². The van der Waals surface area contributed by atoms with Gasteiger partial charge in [0, 0.05) is 23.7 Å². The van der Waals surface area contributed by atoms with E-state index in [0.29, 0.717) is 11.7 Å². The average Bonchev–Trinajstić information content (AvgIpc) is 3.20. The number of nitrogens with two attached hydrogens (primary N) is 1. The fraction of sp³-hybridized carbons (Fsp3) is 0.150. The predicted octanol–water partition coefficient (Wildman–Crippen LogP) is 3.52. The molecule has 6 nitrogen and oxygen atoms in total. The highest BCUT2D eigenvalue weighted by atomic mass is 32.2. The minimum atomic E-state index is 0.433. The van der Waals surface area contributed by atoms with Crippen LogP contribution in [0, 0.1) is 0 Å². The number of amidine groups is 1. The van der Waals surface area contributed by atoms with Gasteiger partial charge in [-0.25, -0.2) is 4.98 Å². The topological polar surface area (TPSA) is 77.8 Å². The summed E-state index contributed by atoms with van der Waals surface area (Å²) in [6, 6.07) is 16.0. The second-order valence-electron chi connectivity index (χ2n) is 5.76. The van der Waals surface area contributed by atoms with Crippen molar-refractivity contribution < 1.29 is 4.74 Å². The summed E-state index contributed by atoms with van der Waals surface area (Å²) in [6.07, 6.45) is 7.12. The first-order valence-corrected chi connectivity index (χ1v) is 9.39. The Morgan fingerprint density at radius 2 is 2.11 bits per heavy atom. The van der Waals surface area contributed by atoms with Crippen molar-refractivity contribution in [3.05, 3.63) is 83.9 Å². The molecule has 0 unspecified atom stereocenters. The molecule has 0 bridgehead atoms. The molecule has 0 aliphatic rings. The van der Waals surface area contributed by atoms with Crippen LogP contribution >= 0.6 is 11.8 Å². The maximum Gasteiger partial charge on any atom is 0.180 e. The Kier molecular flexibility index (Phi) is 6.65. The van der Waals surface area contributed by atoms with Crippen molar-refractivity contribution >= 4 is 23.1 Å². The van der Waals surface area contributed by atoms with Gasteiger partial charge in [0.15, 0.2) is 5.17 Å². The van der Waals surface area contributed by atoms with Crippen LogP contribution in [0.1, 0.15) is 16.7 Å². The van der Waals surface area contributed by atoms with Gasteiger partial charge in [-0.3, -0.25) is 0 Å². The number of hydrogen-bond acceptors (Lipinski definition) is 5. The van der Waals surface area contributed by atoms with Gasteiger partial charge < -0.3 is 15.0 Å². The number of benzene rings is 2. The first-order valence-electron chi connectivity index (χ1n) is 8.40. The molecule has 1 aromatic heterocycles. The predicted molar refractivity (Wildman–Crippen MR) is 111 cm³/mol. The quantitative estimate of drug-likeness (QED) is 0.387. The molecule has 0 saturated carbocycles. The zero-order chi connectivity index (χ0) is 18.9. The largest absolute Gasteiger partial charge is 0.496 e. The summed E-state index contributed by atoms with van der Waals surface area (Å²) >= 11 is 1.46. The third-order valence-corrected chi connectivity index (χ3v) is 4.66. The van der Waals surface area contributed by atoms with Crippen LogP contribution in [0.4, 0.5) is 0 Å². The number of ether oxygens (including phenoxy) is 1. The highest BCUT2D eigenvalue weighted by Gasteiger charge is 2.05. The van der Waals surface area contributed by atoms with Gasteiger partial charge in [0.2, 0.25) is 0 Å². The molecule has 0 fully saturated rings. The second kappa shape index (κ2) is 9.59. The van der Waals surface area contributed by atoms with Crippen molar-refractivity contribution in [3.63, 3.8) is 0 Å². The lowest BCUT2D eigenvalue weighted by Crippen LogP contribution is -2.06. The summed E-state index contributed by atoms with van der Waals surface area (Å²) < 4.78 is 7.42. The van der Waals surface area contributed by atoms with Crippen LogP contribution in [0.25, 0.3) is 0 Å². The van der Waals surface area contributed by atoms with Crippen molar-refractivity contribution in [1.29, 1.82) is 0 Å². The zero-order valence-electron chi connectivity index (χ0n) is 15.0. The molecule has 0 amide bonds. The van der Waals surface area contributed by atoms with Crippen molar-refractivity contribution in [2.45, 2.75) is 12.3 Å². The molecule has 7 heteroatoms. The summed E-state index contributed by atoms with van der Waals surface area (Å²) in [5.41, 5.74) is 9.08. The molecule has 1 heterocycles. The van der Waals surface area contributed by atoms with E-state index in [0.717, 1.165) is 22.6 Å². The van der Waals surface area contributed by atoms with Crippen LogP contribution < -0.4 is 10.5 Å². The van der Waals surface area contributed by atoms with E-state index >= 15 is 0 Å². The molecule has 27 heavy (non-hydrogen) atoms. The molecule has 0 saturated heterocycles. The molecular weight excluding hydrogens is 358 g/mol. The normalized spacial score (nSPS) is 11.8. The SMILES string of the molecule is COc1ccc(C=NN=C(N)SCc2ccccc2)cc1Cn1ccnc1. The van der Waals surface area contributed by atoms with Gasteiger partial charge in [0.05, 0.1) is 26.2 Å². The number of imidazole rings is 1. The highest BCUT2D eigenvalue weighted by Crippen LogP contribution is 2.20. The lowest BCUT2D eigenvalue weighted by Gasteiger charge is -2.09. The van der Waals surface area contributed by atoms with Crippen LogP contribution in [-0.4, -0.2) is 28.0 Å². The number of aromatic nitrogens is 2. The smallest absolute Gasteiger partial charge is 0.180 e. The second-order valence-corrected chi connectivity index (χ2v) is 6.76. The van der Waals surface area contributed by atoms with E-state index < -0.39 is 0 Å². The maximum absolute atomic E-state index is 5.92. The van der Waals surface area contributed by atoms with E-state index in [1.807, 2.05) is 47.2 Å². The molecule has 0 radical (unpaired) electrons. The number of methoxy groups -OCH3 is 1. The number of rotatable bonds is 7. The fourth-order valence-electron chi connectivity index (χ4n) is 2.49. The zero-order valence-corrected chi connectivity index (χ0v) is 15.8. The minimum absolute atomic E-state index is 0.433. The molecule has 3 aromatic rings. The molecule has 0 aliphatic carbocycles. The van der Waals surface area contributed by atoms with Crippen molar-refractivity contribution in [2.75, 3.05) is 7.11 Å². The number of hydrogen-bond donors (Lipinski definition) is 1. The van der Waals surface area contributed by atoms with Crippen molar-refractivity contribution in [1.82, 2.24) is 9.55 Å². The molecule has 0 spiro atoms. The van der Waals surface area contributed by atoms with Gasteiger partial charge >= 0.3 is 0 Å². The molecule has 0 atom stereocenters. The van der Waals surface area contributed by atoms with Gasteiger partial charge in [0.1, 0.15) is 5.75 Å². The summed E-state index contributed by atoms with van der Waals surface area (Å²) in [6.45, 7) is 0.670. The lowest BCUT2D eigenvalue weighted by atomic mass is 10.1. The molecular formula is C20H21N5OS. The average molecular weight is 379 g/mol. The van der Waals surface area contributed by atoms with E-state index in [2.05, 4.69) is 27.3 Å². The van der Waals surface area contributed by atoms with Crippen LogP contribution in [0.3, 0.4) is 0 Å². The van der Waals surface area contributed by atoms with Gasteiger partial charge in [0.25, 0.3) is 0 Å². The lowest BCUT2D eigenvalue weighted by molar-refractivity contribution is 0.408. The molecule has 138 valence electrons. The van der Waals surface area contributed by atoms with Crippen LogP contribution in [0.5, 0.6) is 5.75 Å². The summed E-state index contributed by atoms with van der Waals surface area (Å²) in [5.74, 6) is 1.59. The first kappa shape index (κ1) is 18.7. The molecule has 3 rings (SSSR count). The van der Waals surface area contributed by atoms with Crippen LogP contribution in [-0.2, 0) is 12.3 Å². The summed E-state index contributed by atoms with van der Waals surface area (Å²) in [7, 11) is 1.66. The van der Waals surface area contributed by atoms with Gasteiger partial charge in [-0.15, -0.1) is 5.10 Å². The van der Waals surface area contributed by atoms with E-state index in [-0.39, 0.29) is 0 Å². The first-order chi connectivity index (χ1) is 13.2. The molecule has 0 aliphatic heterocycles. The Morgan fingerprint density at radius 3 is 2.85 bits per heavy atom. The maximum atomic E-state index is 5.92. The van der Waals surface area contributed by atoms with Gasteiger partial charge in [-0.05, 0) is 29.3 Å². The highest BCUT2D eigenvalue weighted by molar-refractivity contribution is 8.13. The monoisotopic (exact) mass is 379 g/mol. The van der Waals surface area contributed by atoms with Crippen LogP contribution in [0.15, 0.2) is 77.5 Å². The Balaban J connectivity index is 1.63. The van der Waals surface area contributed by atoms with Crippen LogP contribution in [0.2, 0.25) is 0 Å². The molecule has 2 N–H and O–H groups in total. The minimum Gasteiger partial charge on any atom is -0.496 e. The van der Waals surface area contributed by atoms with E-state index in [1.165, 1.54) is 17.3 Å². The third kappa shape index (κ3) is 5.72. The fourth-order valence-corrected chi connectivity index (χ4v) is 3.10.